The van der Waals surface area contributed by atoms with E-state index in [9.17, 15) is 9.59 Å². The summed E-state index contributed by atoms with van der Waals surface area (Å²) in [5.41, 5.74) is 5.73. The molecule has 0 fully saturated rings. The molecule has 2 aromatic carbocycles. The van der Waals surface area contributed by atoms with Crippen LogP contribution < -0.4 is 10.6 Å². The molecule has 3 rings (SSSR count). The molecular formula is C23H23N3O3. The average Bonchev–Trinajstić information content (AvgIpc) is 2.70. The molecule has 1 aromatic heterocycles. The number of esters is 1. The van der Waals surface area contributed by atoms with Crippen molar-refractivity contribution in [1.29, 1.82) is 0 Å². The second-order valence-corrected chi connectivity index (χ2v) is 6.85. The molecule has 0 saturated carbocycles. The first-order valence-electron chi connectivity index (χ1n) is 9.18. The first-order valence-corrected chi connectivity index (χ1v) is 9.18. The van der Waals surface area contributed by atoms with Crippen molar-refractivity contribution in [2.24, 2.45) is 0 Å². The van der Waals surface area contributed by atoms with Crippen molar-refractivity contribution in [3.05, 3.63) is 82.5 Å². The molecule has 1 heterocycles. The van der Waals surface area contributed by atoms with E-state index in [0.717, 1.165) is 28.1 Å². The molecule has 29 heavy (non-hydrogen) atoms. The molecule has 0 bridgehead atoms. The van der Waals surface area contributed by atoms with Gasteiger partial charge in [0.25, 0.3) is 5.91 Å². The van der Waals surface area contributed by atoms with E-state index in [1.54, 1.807) is 42.6 Å². The quantitative estimate of drug-likeness (QED) is 0.613. The molecule has 0 saturated heterocycles. The summed E-state index contributed by atoms with van der Waals surface area (Å²) in [7, 11) is 1.34. The van der Waals surface area contributed by atoms with Gasteiger partial charge in [-0.3, -0.25) is 4.79 Å². The minimum absolute atomic E-state index is 0.202. The third kappa shape index (κ3) is 4.79. The van der Waals surface area contributed by atoms with E-state index >= 15 is 0 Å². The zero-order valence-electron chi connectivity index (χ0n) is 16.9. The van der Waals surface area contributed by atoms with Crippen LogP contribution in [0.25, 0.3) is 0 Å². The van der Waals surface area contributed by atoms with E-state index in [0.29, 0.717) is 16.9 Å². The lowest BCUT2D eigenvalue weighted by molar-refractivity contribution is 0.0600. The number of nitrogens with zero attached hydrogens (tertiary/aromatic N) is 1. The number of aromatic nitrogens is 1. The molecular weight excluding hydrogens is 366 g/mol. The summed E-state index contributed by atoms with van der Waals surface area (Å²) in [6.45, 7) is 5.99. The Morgan fingerprint density at radius 3 is 2.17 bits per heavy atom. The molecule has 6 heteroatoms. The van der Waals surface area contributed by atoms with Gasteiger partial charge in [-0.15, -0.1) is 0 Å². The van der Waals surface area contributed by atoms with Gasteiger partial charge in [0.2, 0.25) is 0 Å². The molecule has 0 aliphatic heterocycles. The summed E-state index contributed by atoms with van der Waals surface area (Å²) in [6, 6.07) is 14.3. The fourth-order valence-corrected chi connectivity index (χ4v) is 3.16. The number of methoxy groups -OCH3 is 1. The summed E-state index contributed by atoms with van der Waals surface area (Å²) < 4.78 is 4.69. The summed E-state index contributed by atoms with van der Waals surface area (Å²) in [6.07, 6.45) is 1.58. The minimum Gasteiger partial charge on any atom is -0.465 e. The largest absolute Gasteiger partial charge is 0.465 e. The molecule has 6 nitrogen and oxygen atoms in total. The summed E-state index contributed by atoms with van der Waals surface area (Å²) in [5, 5.41) is 6.13. The topological polar surface area (TPSA) is 80.3 Å². The van der Waals surface area contributed by atoms with Crippen LogP contribution in [0.2, 0.25) is 0 Å². The molecule has 0 spiro atoms. The van der Waals surface area contributed by atoms with Crippen LogP contribution in [-0.2, 0) is 4.74 Å². The van der Waals surface area contributed by atoms with Crippen LogP contribution in [0, 0.1) is 20.8 Å². The van der Waals surface area contributed by atoms with Crippen molar-refractivity contribution < 1.29 is 14.3 Å². The molecule has 0 unspecified atom stereocenters. The average molecular weight is 389 g/mol. The lowest BCUT2D eigenvalue weighted by Crippen LogP contribution is -2.14. The highest BCUT2D eigenvalue weighted by atomic mass is 16.5. The number of hydrogen-bond donors (Lipinski definition) is 2. The van der Waals surface area contributed by atoms with Crippen LogP contribution in [0.4, 0.5) is 17.2 Å². The number of amides is 1. The Balaban J connectivity index is 1.75. The van der Waals surface area contributed by atoms with E-state index in [1.165, 1.54) is 7.11 Å². The van der Waals surface area contributed by atoms with Crippen molar-refractivity contribution in [1.82, 2.24) is 4.98 Å². The maximum Gasteiger partial charge on any atom is 0.337 e. The van der Waals surface area contributed by atoms with Crippen LogP contribution in [0.15, 0.2) is 54.7 Å². The zero-order chi connectivity index (χ0) is 21.0. The number of ether oxygens (including phenoxy) is 1. The number of aryl methyl sites for hydroxylation is 3. The second-order valence-electron chi connectivity index (χ2n) is 6.85. The monoisotopic (exact) mass is 389 g/mol. The number of carbonyl (C=O) groups excluding carboxylic acids is 2. The van der Waals surface area contributed by atoms with Gasteiger partial charge in [0, 0.05) is 23.1 Å². The summed E-state index contributed by atoms with van der Waals surface area (Å²) in [5.74, 6) is -0.0672. The Kier molecular flexibility index (Phi) is 5.93. The fourth-order valence-electron chi connectivity index (χ4n) is 3.16. The Morgan fingerprint density at radius 2 is 1.55 bits per heavy atom. The zero-order valence-corrected chi connectivity index (χ0v) is 16.9. The van der Waals surface area contributed by atoms with E-state index in [1.807, 2.05) is 32.9 Å². The maximum absolute atomic E-state index is 12.7. The van der Waals surface area contributed by atoms with Gasteiger partial charge in [-0.1, -0.05) is 17.7 Å². The number of anilines is 3. The van der Waals surface area contributed by atoms with Crippen LogP contribution >= 0.6 is 0 Å². The lowest BCUT2D eigenvalue weighted by atomic mass is 10.0. The van der Waals surface area contributed by atoms with E-state index in [-0.39, 0.29) is 5.91 Å². The molecule has 0 radical (unpaired) electrons. The SMILES string of the molecule is COC(=O)c1ccc(Nc2cc(C(=O)Nc3c(C)cc(C)cc3C)ccn2)cc1. The van der Waals surface area contributed by atoms with E-state index in [4.69, 9.17) is 4.74 Å². The van der Waals surface area contributed by atoms with Crippen molar-refractivity contribution in [2.45, 2.75) is 20.8 Å². The van der Waals surface area contributed by atoms with E-state index in [2.05, 4.69) is 15.6 Å². The third-order valence-electron chi connectivity index (χ3n) is 4.52. The molecule has 0 aliphatic carbocycles. The standard InChI is InChI=1S/C23H23N3O3/c1-14-11-15(2)21(16(3)12-14)26-22(27)18-9-10-24-20(13-18)25-19-7-5-17(6-8-19)23(28)29-4/h5-13H,1-4H3,(H,24,25)(H,26,27). The van der Waals surface area contributed by atoms with Crippen molar-refractivity contribution >= 4 is 29.1 Å². The van der Waals surface area contributed by atoms with Crippen LogP contribution in [0.5, 0.6) is 0 Å². The van der Waals surface area contributed by atoms with Gasteiger partial charge in [0.1, 0.15) is 5.82 Å². The van der Waals surface area contributed by atoms with Gasteiger partial charge in [0.05, 0.1) is 12.7 Å². The molecule has 0 atom stereocenters. The van der Waals surface area contributed by atoms with Gasteiger partial charge < -0.3 is 15.4 Å². The fraction of sp³-hybridized carbons (Fsp3) is 0.174. The van der Waals surface area contributed by atoms with Gasteiger partial charge in [-0.05, 0) is 68.3 Å². The van der Waals surface area contributed by atoms with Crippen LogP contribution in [0.3, 0.4) is 0 Å². The Hall–Kier alpha value is -3.67. The number of benzene rings is 2. The number of hydrogen-bond acceptors (Lipinski definition) is 5. The van der Waals surface area contributed by atoms with Crippen molar-refractivity contribution in [2.75, 3.05) is 17.7 Å². The molecule has 3 aromatic rings. The smallest absolute Gasteiger partial charge is 0.337 e. The van der Waals surface area contributed by atoms with Gasteiger partial charge in [-0.25, -0.2) is 9.78 Å². The van der Waals surface area contributed by atoms with Gasteiger partial charge in [0.15, 0.2) is 0 Å². The second kappa shape index (κ2) is 8.56. The number of carbonyl (C=O) groups is 2. The van der Waals surface area contributed by atoms with Crippen LogP contribution in [0.1, 0.15) is 37.4 Å². The summed E-state index contributed by atoms with van der Waals surface area (Å²) in [4.78, 5) is 28.5. The predicted molar refractivity (Wildman–Crippen MR) is 114 cm³/mol. The Morgan fingerprint density at radius 1 is 0.897 bits per heavy atom. The highest BCUT2D eigenvalue weighted by molar-refractivity contribution is 6.05. The summed E-state index contributed by atoms with van der Waals surface area (Å²) >= 11 is 0. The molecule has 2 N–H and O–H groups in total. The van der Waals surface area contributed by atoms with Crippen molar-refractivity contribution in [3.63, 3.8) is 0 Å². The maximum atomic E-state index is 12.7. The highest BCUT2D eigenvalue weighted by Gasteiger charge is 2.12. The van der Waals surface area contributed by atoms with Crippen LogP contribution in [-0.4, -0.2) is 24.0 Å². The molecule has 148 valence electrons. The lowest BCUT2D eigenvalue weighted by Gasteiger charge is -2.13. The predicted octanol–water partition coefficient (Wildman–Crippen LogP) is 4.79. The Labute approximate surface area is 169 Å². The first kappa shape index (κ1) is 20.1. The minimum atomic E-state index is -0.393. The number of pyridine rings is 1. The first-order chi connectivity index (χ1) is 13.9. The molecule has 1 amide bonds. The molecule has 0 aliphatic rings. The number of nitrogens with one attached hydrogen (secondary N) is 2. The highest BCUT2D eigenvalue weighted by Crippen LogP contribution is 2.23. The van der Waals surface area contributed by atoms with Gasteiger partial charge in [-0.2, -0.15) is 0 Å². The number of rotatable bonds is 5. The third-order valence-corrected chi connectivity index (χ3v) is 4.52. The normalized spacial score (nSPS) is 10.3. The van der Waals surface area contributed by atoms with Crippen molar-refractivity contribution in [3.8, 4) is 0 Å². The van der Waals surface area contributed by atoms with E-state index < -0.39 is 5.97 Å². The Bertz CT molecular complexity index is 1040. The van der Waals surface area contributed by atoms with Gasteiger partial charge >= 0.3 is 5.97 Å².